The van der Waals surface area contributed by atoms with Crippen molar-refractivity contribution in [3.05, 3.63) is 57.8 Å². The summed E-state index contributed by atoms with van der Waals surface area (Å²) < 4.78 is 13.6. The largest absolute Gasteiger partial charge is 0.389 e. The molecule has 98 valence electrons. The van der Waals surface area contributed by atoms with Crippen LogP contribution in [0.4, 0.5) is 15.8 Å². The van der Waals surface area contributed by atoms with Crippen molar-refractivity contribution in [3.8, 4) is 0 Å². The second-order valence-electron chi connectivity index (χ2n) is 3.81. The van der Waals surface area contributed by atoms with E-state index in [-0.39, 0.29) is 10.7 Å². The summed E-state index contributed by atoms with van der Waals surface area (Å²) in [4.78, 5) is 0.252. The molecule has 0 atom stereocenters. The predicted molar refractivity (Wildman–Crippen MR) is 82.0 cm³/mol. The van der Waals surface area contributed by atoms with Gasteiger partial charge < -0.3 is 11.1 Å². The van der Waals surface area contributed by atoms with E-state index in [2.05, 4.69) is 5.32 Å². The molecule has 6 heteroatoms. The molecule has 2 aromatic rings. The molecule has 0 unspecified atom stereocenters. The summed E-state index contributed by atoms with van der Waals surface area (Å²) in [5, 5.41) is 3.70. The standard InChI is InChI=1S/C13H9Cl2FN2S/c14-8-2-3-10(16)12(6-8)18-11-4-1-7(13(17)19)5-9(11)15/h1-6,18H,(H2,17,19). The molecule has 2 nitrogen and oxygen atoms in total. The van der Waals surface area contributed by atoms with Crippen molar-refractivity contribution >= 4 is 51.8 Å². The third-order valence-electron chi connectivity index (χ3n) is 2.45. The van der Waals surface area contributed by atoms with Gasteiger partial charge in [-0.25, -0.2) is 4.39 Å². The first-order valence-electron chi connectivity index (χ1n) is 5.29. The second-order valence-corrected chi connectivity index (χ2v) is 5.09. The lowest BCUT2D eigenvalue weighted by Gasteiger charge is -2.10. The number of halogens is 3. The van der Waals surface area contributed by atoms with E-state index < -0.39 is 5.82 Å². The highest BCUT2D eigenvalue weighted by Gasteiger charge is 2.07. The van der Waals surface area contributed by atoms with Crippen LogP contribution in [0.25, 0.3) is 0 Å². The Labute approximate surface area is 125 Å². The highest BCUT2D eigenvalue weighted by atomic mass is 35.5. The van der Waals surface area contributed by atoms with Gasteiger partial charge in [-0.15, -0.1) is 0 Å². The lowest BCUT2D eigenvalue weighted by molar-refractivity contribution is 0.632. The number of benzene rings is 2. The average molecular weight is 315 g/mol. The number of hydrogen-bond acceptors (Lipinski definition) is 2. The number of nitrogens with one attached hydrogen (secondary N) is 1. The van der Waals surface area contributed by atoms with Crippen LogP contribution in [0.15, 0.2) is 36.4 Å². The van der Waals surface area contributed by atoms with Gasteiger partial charge in [-0.2, -0.15) is 0 Å². The zero-order chi connectivity index (χ0) is 14.0. The van der Waals surface area contributed by atoms with Crippen LogP contribution in [0.5, 0.6) is 0 Å². The summed E-state index contributed by atoms with van der Waals surface area (Å²) in [7, 11) is 0. The molecule has 0 spiro atoms. The van der Waals surface area contributed by atoms with Crippen molar-refractivity contribution in [2.75, 3.05) is 5.32 Å². The highest BCUT2D eigenvalue weighted by molar-refractivity contribution is 7.80. The van der Waals surface area contributed by atoms with Gasteiger partial charge in [-0.1, -0.05) is 35.4 Å². The van der Waals surface area contributed by atoms with E-state index in [9.17, 15) is 4.39 Å². The number of hydrogen-bond donors (Lipinski definition) is 2. The molecule has 0 heterocycles. The Hall–Kier alpha value is -1.36. The molecule has 0 amide bonds. The lowest BCUT2D eigenvalue weighted by Crippen LogP contribution is -2.09. The van der Waals surface area contributed by atoms with E-state index in [1.54, 1.807) is 18.2 Å². The van der Waals surface area contributed by atoms with Crippen molar-refractivity contribution in [1.82, 2.24) is 0 Å². The quantitative estimate of drug-likeness (QED) is 0.819. The van der Waals surface area contributed by atoms with Gasteiger partial charge in [0.05, 0.1) is 16.4 Å². The molecule has 2 rings (SSSR count). The number of anilines is 2. The fraction of sp³-hybridized carbons (Fsp3) is 0. The summed E-state index contributed by atoms with van der Waals surface area (Å²) in [6, 6.07) is 9.24. The van der Waals surface area contributed by atoms with E-state index in [1.807, 2.05) is 0 Å². The third-order valence-corrected chi connectivity index (χ3v) is 3.23. The number of nitrogens with two attached hydrogens (primary N) is 1. The monoisotopic (exact) mass is 314 g/mol. The van der Waals surface area contributed by atoms with E-state index in [0.29, 0.717) is 21.3 Å². The summed E-state index contributed by atoms with van der Waals surface area (Å²) in [6.45, 7) is 0. The molecule has 19 heavy (non-hydrogen) atoms. The van der Waals surface area contributed by atoms with Crippen molar-refractivity contribution in [2.24, 2.45) is 5.73 Å². The summed E-state index contributed by atoms with van der Waals surface area (Å²) in [5.41, 5.74) is 6.95. The van der Waals surface area contributed by atoms with Gasteiger partial charge in [0.25, 0.3) is 0 Å². The Morgan fingerprint density at radius 1 is 1.11 bits per heavy atom. The van der Waals surface area contributed by atoms with Crippen LogP contribution in [0.3, 0.4) is 0 Å². The smallest absolute Gasteiger partial charge is 0.146 e. The molecule has 3 N–H and O–H groups in total. The number of rotatable bonds is 3. The topological polar surface area (TPSA) is 38.0 Å². The van der Waals surface area contributed by atoms with Crippen LogP contribution >= 0.6 is 35.4 Å². The van der Waals surface area contributed by atoms with Gasteiger partial charge >= 0.3 is 0 Å². The van der Waals surface area contributed by atoms with Crippen LogP contribution in [-0.4, -0.2) is 4.99 Å². The summed E-state index contributed by atoms with van der Waals surface area (Å²) >= 11 is 16.8. The van der Waals surface area contributed by atoms with Crippen molar-refractivity contribution in [3.63, 3.8) is 0 Å². The molecule has 0 aliphatic heterocycles. The molecular formula is C13H9Cl2FN2S. The molecule has 0 saturated carbocycles. The summed E-state index contributed by atoms with van der Waals surface area (Å²) in [6.07, 6.45) is 0. The van der Waals surface area contributed by atoms with Crippen LogP contribution in [0.1, 0.15) is 5.56 Å². The molecule has 0 aliphatic carbocycles. The van der Waals surface area contributed by atoms with Crippen LogP contribution in [-0.2, 0) is 0 Å². The molecule has 0 aromatic heterocycles. The summed E-state index contributed by atoms with van der Waals surface area (Å²) in [5.74, 6) is -0.418. The Balaban J connectivity index is 2.33. The van der Waals surface area contributed by atoms with Crippen molar-refractivity contribution in [2.45, 2.75) is 0 Å². The average Bonchev–Trinajstić information content (AvgIpc) is 2.36. The maximum Gasteiger partial charge on any atom is 0.146 e. The maximum atomic E-state index is 13.6. The van der Waals surface area contributed by atoms with Crippen molar-refractivity contribution in [1.29, 1.82) is 0 Å². The molecule has 0 bridgehead atoms. The van der Waals surface area contributed by atoms with Gasteiger partial charge in [-0.3, -0.25) is 0 Å². The zero-order valence-corrected chi connectivity index (χ0v) is 11.9. The first-order valence-corrected chi connectivity index (χ1v) is 6.45. The minimum absolute atomic E-state index is 0.248. The fourth-order valence-electron chi connectivity index (χ4n) is 1.51. The maximum absolute atomic E-state index is 13.6. The Bertz CT molecular complexity index is 647. The van der Waals surface area contributed by atoms with Crippen LogP contribution in [0, 0.1) is 5.82 Å². The fourth-order valence-corrected chi connectivity index (χ4v) is 2.03. The van der Waals surface area contributed by atoms with Gasteiger partial charge in [0.1, 0.15) is 10.8 Å². The first kappa shape index (κ1) is 14.1. The zero-order valence-electron chi connectivity index (χ0n) is 9.58. The van der Waals surface area contributed by atoms with Gasteiger partial charge in [-0.05, 0) is 36.4 Å². The molecule has 0 saturated heterocycles. The van der Waals surface area contributed by atoms with E-state index in [0.717, 1.165) is 0 Å². The third kappa shape index (κ3) is 3.35. The van der Waals surface area contributed by atoms with Gasteiger partial charge in [0, 0.05) is 10.6 Å². The minimum atomic E-state index is -0.418. The van der Waals surface area contributed by atoms with Gasteiger partial charge in [0.15, 0.2) is 0 Å². The second kappa shape index (κ2) is 5.74. The predicted octanol–water partition coefficient (Wildman–Crippen LogP) is 4.51. The van der Waals surface area contributed by atoms with Gasteiger partial charge in [0.2, 0.25) is 0 Å². The molecule has 0 radical (unpaired) electrons. The first-order chi connectivity index (χ1) is 8.97. The SMILES string of the molecule is NC(=S)c1ccc(Nc2cc(Cl)ccc2F)c(Cl)c1. The Morgan fingerprint density at radius 2 is 1.84 bits per heavy atom. The van der Waals surface area contributed by atoms with Crippen LogP contribution in [0.2, 0.25) is 10.0 Å². The van der Waals surface area contributed by atoms with Crippen molar-refractivity contribution < 1.29 is 4.39 Å². The lowest BCUT2D eigenvalue weighted by atomic mass is 10.2. The Kier molecular flexibility index (Phi) is 4.24. The van der Waals surface area contributed by atoms with Crippen LogP contribution < -0.4 is 11.1 Å². The number of thiocarbonyl (C=S) groups is 1. The molecule has 0 fully saturated rings. The minimum Gasteiger partial charge on any atom is -0.389 e. The molecular weight excluding hydrogens is 306 g/mol. The van der Waals surface area contributed by atoms with E-state index in [4.69, 9.17) is 41.2 Å². The molecule has 0 aliphatic rings. The van der Waals surface area contributed by atoms with E-state index >= 15 is 0 Å². The van der Waals surface area contributed by atoms with E-state index in [1.165, 1.54) is 18.2 Å². The normalized spacial score (nSPS) is 10.3. The highest BCUT2D eigenvalue weighted by Crippen LogP contribution is 2.29. The Morgan fingerprint density at radius 3 is 2.47 bits per heavy atom. The molecule has 2 aromatic carbocycles.